The fraction of sp³-hybridized carbons (Fsp3) is 0. The van der Waals surface area contributed by atoms with E-state index in [1.54, 1.807) is 0 Å². The van der Waals surface area contributed by atoms with Gasteiger partial charge in [0.2, 0.25) is 0 Å². The molecule has 0 N–H and O–H groups in total. The Morgan fingerprint density at radius 1 is 0.293 bits per heavy atom. The van der Waals surface area contributed by atoms with E-state index in [2.05, 4.69) is 181 Å². The third-order valence-electron chi connectivity index (χ3n) is 7.67. The Kier molecular flexibility index (Phi) is 6.61. The number of hydrogen-bond acceptors (Lipinski definition) is 1. The van der Waals surface area contributed by atoms with Crippen molar-refractivity contribution in [1.29, 1.82) is 0 Å². The molecule has 0 fully saturated rings. The molecular formula is C40H29N. The molecule has 0 bridgehead atoms. The molecule has 0 aliphatic carbocycles. The molecular weight excluding hydrogens is 494 g/mol. The van der Waals surface area contributed by atoms with E-state index in [0.29, 0.717) is 0 Å². The van der Waals surface area contributed by atoms with Gasteiger partial charge in [-0.3, -0.25) is 0 Å². The average Bonchev–Trinajstić information content (AvgIpc) is 3.06. The van der Waals surface area contributed by atoms with Crippen LogP contribution in [0, 0.1) is 0 Å². The zero-order valence-electron chi connectivity index (χ0n) is 22.7. The summed E-state index contributed by atoms with van der Waals surface area (Å²) in [6.45, 7) is 0. The van der Waals surface area contributed by atoms with E-state index >= 15 is 0 Å². The second-order valence-corrected chi connectivity index (χ2v) is 10.2. The summed E-state index contributed by atoms with van der Waals surface area (Å²) in [6.07, 6.45) is 0. The smallest absolute Gasteiger partial charge is 0.0462 e. The SMILES string of the molecule is c1ccc(-c2cccc3cc(-c4ccc(-c5ccc(N(c6ccccc6)c6ccccc6)cc5)cc4)ccc23)cc1. The summed E-state index contributed by atoms with van der Waals surface area (Å²) in [6, 6.07) is 62.7. The highest BCUT2D eigenvalue weighted by atomic mass is 15.1. The van der Waals surface area contributed by atoms with Crippen LogP contribution in [-0.4, -0.2) is 0 Å². The standard InChI is InChI=1S/C40H29N/c1-4-11-33(12-5-1)39-18-10-13-35-29-34(25-28-40(35)39)32-21-19-30(20-22-32)31-23-26-38(27-24-31)41(36-14-6-2-7-15-36)37-16-8-3-9-17-37/h1-29H. The summed E-state index contributed by atoms with van der Waals surface area (Å²) in [5.41, 5.74) is 10.8. The maximum atomic E-state index is 2.30. The third kappa shape index (κ3) is 5.02. The first-order valence-electron chi connectivity index (χ1n) is 14.0. The van der Waals surface area contributed by atoms with Crippen molar-refractivity contribution in [3.8, 4) is 33.4 Å². The van der Waals surface area contributed by atoms with Crippen molar-refractivity contribution in [2.45, 2.75) is 0 Å². The first kappa shape index (κ1) is 24.6. The summed E-state index contributed by atoms with van der Waals surface area (Å²) >= 11 is 0. The number of hydrogen-bond donors (Lipinski definition) is 0. The van der Waals surface area contributed by atoms with Crippen LogP contribution in [0.2, 0.25) is 0 Å². The van der Waals surface area contributed by atoms with Gasteiger partial charge >= 0.3 is 0 Å². The number of anilines is 3. The lowest BCUT2D eigenvalue weighted by atomic mass is 9.94. The maximum Gasteiger partial charge on any atom is 0.0462 e. The first-order chi connectivity index (χ1) is 20.3. The lowest BCUT2D eigenvalue weighted by molar-refractivity contribution is 1.28. The van der Waals surface area contributed by atoms with Crippen LogP contribution in [-0.2, 0) is 0 Å². The second-order valence-electron chi connectivity index (χ2n) is 10.2. The molecule has 41 heavy (non-hydrogen) atoms. The van der Waals surface area contributed by atoms with Crippen molar-refractivity contribution < 1.29 is 0 Å². The van der Waals surface area contributed by atoms with E-state index in [4.69, 9.17) is 0 Å². The predicted octanol–water partition coefficient (Wildman–Crippen LogP) is 11.3. The molecule has 7 aromatic rings. The number of benzene rings is 7. The van der Waals surface area contributed by atoms with E-state index in [-0.39, 0.29) is 0 Å². The van der Waals surface area contributed by atoms with Gasteiger partial charge in [-0.2, -0.15) is 0 Å². The van der Waals surface area contributed by atoms with Gasteiger partial charge in [0.25, 0.3) is 0 Å². The van der Waals surface area contributed by atoms with E-state index in [1.165, 1.54) is 44.2 Å². The van der Waals surface area contributed by atoms with Crippen LogP contribution in [0.3, 0.4) is 0 Å². The minimum absolute atomic E-state index is 1.13. The molecule has 0 aliphatic heterocycles. The van der Waals surface area contributed by atoms with Crippen LogP contribution in [0.4, 0.5) is 17.1 Å². The van der Waals surface area contributed by atoms with E-state index in [9.17, 15) is 0 Å². The summed E-state index contributed by atoms with van der Waals surface area (Å²) in [7, 11) is 0. The van der Waals surface area contributed by atoms with Gasteiger partial charge in [0.15, 0.2) is 0 Å². The fourth-order valence-corrected chi connectivity index (χ4v) is 5.59. The highest BCUT2D eigenvalue weighted by Gasteiger charge is 2.12. The zero-order valence-corrected chi connectivity index (χ0v) is 22.7. The van der Waals surface area contributed by atoms with E-state index in [0.717, 1.165) is 17.1 Å². The Bertz CT molecular complexity index is 1850. The lowest BCUT2D eigenvalue weighted by Crippen LogP contribution is -2.09. The van der Waals surface area contributed by atoms with Crippen molar-refractivity contribution in [3.05, 3.63) is 176 Å². The predicted molar refractivity (Wildman–Crippen MR) is 175 cm³/mol. The normalized spacial score (nSPS) is 10.9. The summed E-state index contributed by atoms with van der Waals surface area (Å²) < 4.78 is 0. The summed E-state index contributed by atoms with van der Waals surface area (Å²) in [4.78, 5) is 2.29. The molecule has 0 saturated carbocycles. The Labute approximate surface area is 241 Å². The molecule has 0 atom stereocenters. The van der Waals surface area contributed by atoms with Gasteiger partial charge in [-0.15, -0.1) is 0 Å². The van der Waals surface area contributed by atoms with Crippen molar-refractivity contribution >= 4 is 27.8 Å². The van der Waals surface area contributed by atoms with Crippen molar-refractivity contribution in [3.63, 3.8) is 0 Å². The van der Waals surface area contributed by atoms with E-state index in [1.807, 2.05) is 0 Å². The molecule has 7 rings (SSSR count). The van der Waals surface area contributed by atoms with Crippen LogP contribution in [0.25, 0.3) is 44.2 Å². The quantitative estimate of drug-likeness (QED) is 0.209. The van der Waals surface area contributed by atoms with Crippen molar-refractivity contribution in [2.75, 3.05) is 4.90 Å². The van der Waals surface area contributed by atoms with Gasteiger partial charge in [-0.05, 0) is 86.6 Å². The van der Waals surface area contributed by atoms with Crippen molar-refractivity contribution in [2.24, 2.45) is 0 Å². The molecule has 0 aliphatic rings. The molecule has 0 saturated heterocycles. The first-order valence-corrected chi connectivity index (χ1v) is 14.0. The number of rotatable bonds is 6. The number of fused-ring (bicyclic) bond motifs is 1. The Morgan fingerprint density at radius 2 is 0.756 bits per heavy atom. The monoisotopic (exact) mass is 523 g/mol. The molecule has 0 radical (unpaired) electrons. The lowest BCUT2D eigenvalue weighted by Gasteiger charge is -2.25. The highest BCUT2D eigenvalue weighted by Crippen LogP contribution is 2.36. The third-order valence-corrected chi connectivity index (χ3v) is 7.67. The highest BCUT2D eigenvalue weighted by molar-refractivity contribution is 5.98. The average molecular weight is 524 g/mol. The minimum atomic E-state index is 1.13. The van der Waals surface area contributed by atoms with Gasteiger partial charge in [0.05, 0.1) is 0 Å². The largest absolute Gasteiger partial charge is 0.311 e. The summed E-state index contributed by atoms with van der Waals surface area (Å²) in [5, 5.41) is 2.53. The molecule has 0 spiro atoms. The Hall–Kier alpha value is -5.40. The van der Waals surface area contributed by atoms with Gasteiger partial charge in [0.1, 0.15) is 0 Å². The molecule has 7 aromatic carbocycles. The number of para-hydroxylation sites is 2. The molecule has 0 amide bonds. The van der Waals surface area contributed by atoms with Crippen LogP contribution in [0.5, 0.6) is 0 Å². The molecule has 0 heterocycles. The fourth-order valence-electron chi connectivity index (χ4n) is 5.59. The topological polar surface area (TPSA) is 3.24 Å². The van der Waals surface area contributed by atoms with Crippen LogP contribution in [0.15, 0.2) is 176 Å². The molecule has 0 unspecified atom stereocenters. The van der Waals surface area contributed by atoms with Gasteiger partial charge in [-0.25, -0.2) is 0 Å². The van der Waals surface area contributed by atoms with Crippen LogP contribution in [0.1, 0.15) is 0 Å². The van der Waals surface area contributed by atoms with Gasteiger partial charge < -0.3 is 4.90 Å². The zero-order chi connectivity index (χ0) is 27.4. The molecule has 194 valence electrons. The van der Waals surface area contributed by atoms with E-state index < -0.39 is 0 Å². The molecule has 0 aromatic heterocycles. The Morgan fingerprint density at radius 3 is 1.34 bits per heavy atom. The van der Waals surface area contributed by atoms with Crippen molar-refractivity contribution in [1.82, 2.24) is 0 Å². The molecule has 1 heteroatoms. The van der Waals surface area contributed by atoms with Crippen LogP contribution >= 0.6 is 0 Å². The minimum Gasteiger partial charge on any atom is -0.311 e. The molecule has 1 nitrogen and oxygen atoms in total. The van der Waals surface area contributed by atoms with Gasteiger partial charge in [-0.1, -0.05) is 133 Å². The Balaban J connectivity index is 1.16. The van der Waals surface area contributed by atoms with Gasteiger partial charge in [0, 0.05) is 17.1 Å². The second kappa shape index (κ2) is 11.0. The number of nitrogens with zero attached hydrogens (tertiary/aromatic N) is 1. The maximum absolute atomic E-state index is 2.30. The summed E-state index contributed by atoms with van der Waals surface area (Å²) in [5.74, 6) is 0. The van der Waals surface area contributed by atoms with Crippen LogP contribution < -0.4 is 4.90 Å².